The summed E-state index contributed by atoms with van der Waals surface area (Å²) in [4.78, 5) is 2.63. The van der Waals surface area contributed by atoms with Crippen LogP contribution in [0.2, 0.25) is 0 Å². The lowest BCUT2D eigenvalue weighted by Crippen LogP contribution is -2.47. The van der Waals surface area contributed by atoms with Crippen molar-refractivity contribution < 1.29 is 0 Å². The summed E-state index contributed by atoms with van der Waals surface area (Å²) in [5.74, 6) is 4.70. The third-order valence-corrected chi connectivity index (χ3v) is 17.0. The van der Waals surface area contributed by atoms with Crippen LogP contribution in [-0.4, -0.2) is 4.57 Å². The van der Waals surface area contributed by atoms with E-state index in [0.29, 0.717) is 5.41 Å². The van der Waals surface area contributed by atoms with E-state index in [4.69, 9.17) is 0 Å². The van der Waals surface area contributed by atoms with Crippen molar-refractivity contribution >= 4 is 44.8 Å². The SMILES string of the molecule is CC1(C)c2ccccc2-c2ccc(N(c3ccc(-c4ccccc4-n4c5c(c6c7ccccc7ccc64)C=CCC5)cc3)c3ccccc3[C@]34CC5C[C@H]6C[C@H](C3)C6C54)cc21. The number of fused-ring (bicyclic) bond motifs is 8. The number of aromatic nitrogens is 1. The Balaban J connectivity index is 0.926. The highest BCUT2D eigenvalue weighted by molar-refractivity contribution is 6.12. The molecule has 4 fully saturated rings. The Morgan fingerprint density at radius 2 is 1.33 bits per heavy atom. The Morgan fingerprint density at radius 1 is 0.607 bits per heavy atom. The van der Waals surface area contributed by atoms with Crippen molar-refractivity contribution in [1.29, 1.82) is 0 Å². The van der Waals surface area contributed by atoms with Gasteiger partial charge in [0.2, 0.25) is 0 Å². The molecule has 14 rings (SSSR count). The Bertz CT molecular complexity index is 3180. The predicted molar refractivity (Wildman–Crippen MR) is 253 cm³/mol. The molecule has 4 saturated carbocycles. The van der Waals surface area contributed by atoms with Crippen LogP contribution in [0, 0.1) is 29.6 Å². The third kappa shape index (κ3) is 4.53. The molecule has 2 heteroatoms. The van der Waals surface area contributed by atoms with E-state index in [-0.39, 0.29) is 5.41 Å². The van der Waals surface area contributed by atoms with Gasteiger partial charge in [-0.05, 0) is 155 Å². The maximum atomic E-state index is 2.63. The van der Waals surface area contributed by atoms with E-state index in [1.165, 1.54) is 115 Å². The summed E-state index contributed by atoms with van der Waals surface area (Å²) in [6.45, 7) is 4.82. The number of hydrogen-bond donors (Lipinski definition) is 0. The van der Waals surface area contributed by atoms with Crippen LogP contribution in [0.4, 0.5) is 17.1 Å². The van der Waals surface area contributed by atoms with Crippen molar-refractivity contribution in [2.24, 2.45) is 29.6 Å². The fourth-order valence-electron chi connectivity index (χ4n) is 14.7. The lowest BCUT2D eigenvalue weighted by Gasteiger charge is -2.52. The molecule has 7 aromatic carbocycles. The molecule has 0 amide bonds. The van der Waals surface area contributed by atoms with Crippen molar-refractivity contribution in [1.82, 2.24) is 4.57 Å². The maximum Gasteiger partial charge on any atom is 0.0544 e. The van der Waals surface area contributed by atoms with Gasteiger partial charge in [-0.3, -0.25) is 0 Å². The second-order valence-electron chi connectivity index (χ2n) is 20.1. The molecule has 6 atom stereocenters. The molecule has 6 aliphatic carbocycles. The Hall–Kier alpha value is -6.12. The van der Waals surface area contributed by atoms with Crippen LogP contribution in [0.5, 0.6) is 0 Å². The molecule has 3 unspecified atom stereocenters. The minimum absolute atomic E-state index is 0.0754. The van der Waals surface area contributed by atoms with Gasteiger partial charge in [-0.25, -0.2) is 0 Å². The number of allylic oxidation sites excluding steroid dienone is 1. The van der Waals surface area contributed by atoms with Crippen LogP contribution >= 0.6 is 0 Å². The molecule has 0 saturated heterocycles. The van der Waals surface area contributed by atoms with Gasteiger partial charge in [0.25, 0.3) is 0 Å². The molecular weight excluding hydrogens is 737 g/mol. The molecule has 1 aromatic heterocycles. The van der Waals surface area contributed by atoms with Crippen LogP contribution in [-0.2, 0) is 17.3 Å². The molecule has 0 radical (unpaired) electrons. The zero-order valence-electron chi connectivity index (χ0n) is 35.1. The van der Waals surface area contributed by atoms with Gasteiger partial charge in [-0.2, -0.15) is 0 Å². The molecule has 296 valence electrons. The van der Waals surface area contributed by atoms with E-state index in [1.54, 1.807) is 5.56 Å². The fourth-order valence-corrected chi connectivity index (χ4v) is 14.7. The number of hydrogen-bond acceptors (Lipinski definition) is 1. The minimum atomic E-state index is -0.0754. The largest absolute Gasteiger partial charge is 0.312 e. The van der Waals surface area contributed by atoms with E-state index >= 15 is 0 Å². The molecule has 0 bridgehead atoms. The number of benzene rings is 7. The maximum absolute atomic E-state index is 2.63. The van der Waals surface area contributed by atoms with E-state index in [0.717, 1.165) is 42.4 Å². The van der Waals surface area contributed by atoms with Crippen molar-refractivity contribution in [3.8, 4) is 27.9 Å². The first-order valence-electron chi connectivity index (χ1n) is 23.0. The predicted octanol–water partition coefficient (Wildman–Crippen LogP) is 15.1. The minimum Gasteiger partial charge on any atom is -0.312 e. The molecule has 0 N–H and O–H groups in total. The summed E-state index contributed by atoms with van der Waals surface area (Å²) in [7, 11) is 0. The molecule has 0 spiro atoms. The summed E-state index contributed by atoms with van der Waals surface area (Å²) < 4.78 is 2.57. The standard InChI is InChI=1S/C59H50N2/c1-58(2)48-18-8-5-16-45(48)46-29-28-42(33-50(46)58)60(53-22-12-9-19-49(53)59-34-39-31-38-32-40(35-59)57(59)55(38)39)41-26-23-37(24-27-41)43-14-6-10-20-51(43)61-52-21-11-7-17-47(52)56-44-15-4-3-13-36(44)25-30-54(56)61/h3-10,12-20,22-30,33,38-40,55,57H,11,21,31-32,34-35H2,1-2H3/t38-,39-,40?,55?,57?,59-/m1/s1. The summed E-state index contributed by atoms with van der Waals surface area (Å²) in [5.41, 5.74) is 19.1. The fraction of sp³-hybridized carbons (Fsp3) is 0.254. The van der Waals surface area contributed by atoms with Gasteiger partial charge in [0.05, 0.1) is 11.2 Å². The first kappa shape index (κ1) is 34.6. The number of rotatable bonds is 6. The van der Waals surface area contributed by atoms with Crippen molar-refractivity contribution in [3.05, 3.63) is 186 Å². The molecule has 61 heavy (non-hydrogen) atoms. The molecule has 2 nitrogen and oxygen atoms in total. The van der Waals surface area contributed by atoms with Crippen LogP contribution in [0.25, 0.3) is 55.7 Å². The second kappa shape index (κ2) is 12.3. The molecule has 6 aliphatic rings. The molecule has 1 heterocycles. The van der Waals surface area contributed by atoms with Gasteiger partial charge in [-0.15, -0.1) is 0 Å². The smallest absolute Gasteiger partial charge is 0.0544 e. The number of para-hydroxylation sites is 2. The van der Waals surface area contributed by atoms with Crippen molar-refractivity contribution in [3.63, 3.8) is 0 Å². The van der Waals surface area contributed by atoms with Gasteiger partial charge < -0.3 is 9.47 Å². The average Bonchev–Trinajstić information content (AvgIpc) is 3.90. The third-order valence-electron chi connectivity index (χ3n) is 17.0. The van der Waals surface area contributed by atoms with E-state index in [1.807, 2.05) is 0 Å². The Labute approximate surface area is 359 Å². The lowest BCUT2D eigenvalue weighted by atomic mass is 9.53. The quantitative estimate of drug-likeness (QED) is 0.163. The Morgan fingerprint density at radius 3 is 2.23 bits per heavy atom. The Kier molecular flexibility index (Phi) is 6.95. The van der Waals surface area contributed by atoms with E-state index < -0.39 is 0 Å². The first-order valence-corrected chi connectivity index (χ1v) is 23.0. The zero-order valence-corrected chi connectivity index (χ0v) is 35.1. The lowest BCUT2D eigenvalue weighted by molar-refractivity contribution is 0.0688. The highest BCUT2D eigenvalue weighted by Gasteiger charge is 2.73. The van der Waals surface area contributed by atoms with Gasteiger partial charge in [-0.1, -0.05) is 135 Å². The number of anilines is 3. The monoisotopic (exact) mass is 786 g/mol. The van der Waals surface area contributed by atoms with E-state index in [9.17, 15) is 0 Å². The highest BCUT2D eigenvalue weighted by atomic mass is 15.1. The van der Waals surface area contributed by atoms with Gasteiger partial charge in [0, 0.05) is 50.1 Å². The van der Waals surface area contributed by atoms with Crippen LogP contribution < -0.4 is 4.90 Å². The van der Waals surface area contributed by atoms with Crippen LogP contribution in [0.1, 0.15) is 73.9 Å². The van der Waals surface area contributed by atoms with Crippen molar-refractivity contribution in [2.75, 3.05) is 4.90 Å². The highest BCUT2D eigenvalue weighted by Crippen LogP contribution is 2.79. The summed E-state index contributed by atoms with van der Waals surface area (Å²) in [6, 6.07) is 58.2. The van der Waals surface area contributed by atoms with Gasteiger partial charge in [0.1, 0.15) is 0 Å². The molecule has 0 aliphatic heterocycles. The first-order chi connectivity index (χ1) is 30.0. The summed E-state index contributed by atoms with van der Waals surface area (Å²) in [6.07, 6.45) is 12.5. The molecular formula is C59H50N2. The summed E-state index contributed by atoms with van der Waals surface area (Å²) >= 11 is 0. The summed E-state index contributed by atoms with van der Waals surface area (Å²) in [5, 5.41) is 3.99. The zero-order chi connectivity index (χ0) is 40.2. The van der Waals surface area contributed by atoms with Gasteiger partial charge in [0.15, 0.2) is 0 Å². The second-order valence-corrected chi connectivity index (χ2v) is 20.1. The molecule has 8 aromatic rings. The van der Waals surface area contributed by atoms with Crippen LogP contribution in [0.3, 0.4) is 0 Å². The van der Waals surface area contributed by atoms with Gasteiger partial charge >= 0.3 is 0 Å². The van der Waals surface area contributed by atoms with Crippen LogP contribution in [0.15, 0.2) is 158 Å². The average molecular weight is 787 g/mol. The number of nitrogens with zero attached hydrogens (tertiary/aromatic N) is 2. The van der Waals surface area contributed by atoms with Crippen molar-refractivity contribution in [2.45, 2.75) is 63.2 Å². The normalized spacial score (nSPS) is 25.4. The topological polar surface area (TPSA) is 8.17 Å². The van der Waals surface area contributed by atoms with E-state index in [2.05, 4.69) is 187 Å².